The summed E-state index contributed by atoms with van der Waals surface area (Å²) in [6.45, 7) is 0.349. The molecule has 1 aromatic heterocycles. The fourth-order valence-electron chi connectivity index (χ4n) is 2.75. The van der Waals surface area contributed by atoms with Crippen LogP contribution in [-0.2, 0) is 11.4 Å². The van der Waals surface area contributed by atoms with E-state index >= 15 is 0 Å². The van der Waals surface area contributed by atoms with Crippen molar-refractivity contribution in [3.63, 3.8) is 0 Å². The highest BCUT2D eigenvalue weighted by atomic mass is 32.2. The van der Waals surface area contributed by atoms with Crippen LogP contribution in [0.3, 0.4) is 0 Å². The summed E-state index contributed by atoms with van der Waals surface area (Å²) < 4.78 is 18.6. The Balaban J connectivity index is 1.43. The average molecular weight is 410 g/mol. The maximum absolute atomic E-state index is 12.9. The Morgan fingerprint density at radius 1 is 1.14 bits per heavy atom. The number of ketones is 1. The third-order valence-electron chi connectivity index (χ3n) is 4.18. The summed E-state index contributed by atoms with van der Waals surface area (Å²) in [5, 5.41) is 10.9. The molecule has 4 nitrogen and oxygen atoms in total. The Morgan fingerprint density at radius 2 is 1.89 bits per heavy atom. The average Bonchev–Trinajstić information content (AvgIpc) is 3.31. The van der Waals surface area contributed by atoms with E-state index in [9.17, 15) is 9.18 Å². The van der Waals surface area contributed by atoms with E-state index in [1.807, 2.05) is 29.6 Å². The quantitative estimate of drug-likeness (QED) is 0.582. The number of aromatic nitrogens is 1. The Hall–Kier alpha value is -2.77. The zero-order chi connectivity index (χ0) is 19.5. The molecule has 0 spiro atoms. The molecule has 0 aliphatic carbocycles. The highest BCUT2D eigenvalue weighted by Gasteiger charge is 2.38. The molecular weight excluding hydrogens is 395 g/mol. The molecule has 0 unspecified atom stereocenters. The maximum Gasteiger partial charge on any atom is 0.186 e. The smallest absolute Gasteiger partial charge is 0.186 e. The molecule has 140 valence electrons. The van der Waals surface area contributed by atoms with Gasteiger partial charge in [-0.25, -0.2) is 9.37 Å². The van der Waals surface area contributed by atoms with Crippen LogP contribution in [0.25, 0.3) is 6.08 Å². The van der Waals surface area contributed by atoms with Crippen molar-refractivity contribution >= 4 is 40.0 Å². The van der Waals surface area contributed by atoms with Crippen molar-refractivity contribution in [2.24, 2.45) is 0 Å². The van der Waals surface area contributed by atoms with Gasteiger partial charge in [-0.15, -0.1) is 11.3 Å². The zero-order valence-electron chi connectivity index (χ0n) is 14.6. The van der Waals surface area contributed by atoms with E-state index in [0.29, 0.717) is 27.3 Å². The van der Waals surface area contributed by atoms with Gasteiger partial charge in [0.15, 0.2) is 5.78 Å². The third kappa shape index (κ3) is 4.05. The van der Waals surface area contributed by atoms with Crippen molar-refractivity contribution in [3.8, 4) is 5.75 Å². The summed E-state index contributed by atoms with van der Waals surface area (Å²) in [6.07, 6.45) is 3.44. The normalized spacial score (nSPS) is 18.0. The van der Waals surface area contributed by atoms with E-state index in [2.05, 4.69) is 4.98 Å². The first-order valence-corrected chi connectivity index (χ1v) is 10.2. The molecule has 1 aliphatic rings. The van der Waals surface area contributed by atoms with Crippen molar-refractivity contribution in [1.82, 2.24) is 4.98 Å². The number of Topliss-reactive ketones (excluding diaryl/α,β-unsaturated/α-hetero) is 1. The van der Waals surface area contributed by atoms with Gasteiger partial charge in [0.25, 0.3) is 0 Å². The van der Waals surface area contributed by atoms with Gasteiger partial charge in [-0.05, 0) is 41.5 Å². The molecule has 1 N–H and O–H groups in total. The molecule has 0 amide bonds. The van der Waals surface area contributed by atoms with Gasteiger partial charge in [0.2, 0.25) is 0 Å². The van der Waals surface area contributed by atoms with Gasteiger partial charge in [-0.2, -0.15) is 0 Å². The van der Waals surface area contributed by atoms with E-state index in [4.69, 9.17) is 10.1 Å². The van der Waals surface area contributed by atoms with Crippen molar-refractivity contribution in [2.75, 3.05) is 0 Å². The molecule has 0 saturated carbocycles. The number of nitrogens with one attached hydrogen (secondary N) is 1. The molecule has 1 saturated heterocycles. The standard InChI is InChI=1S/C21H15FN2O2S2/c22-15-5-1-14(2-6-15)12-26-16-7-3-13(4-8-16)11-17-19(25)18(20(23)28-17)21-24-9-10-27-21/h1-11,18,23H,12H2/b17-11-,23-20?/t18-/m0/s1. The lowest BCUT2D eigenvalue weighted by atomic mass is 10.1. The van der Waals surface area contributed by atoms with E-state index in [-0.39, 0.29) is 11.6 Å². The summed E-state index contributed by atoms with van der Waals surface area (Å²) >= 11 is 2.58. The first kappa shape index (κ1) is 18.6. The molecule has 28 heavy (non-hydrogen) atoms. The number of ether oxygens (including phenoxy) is 1. The largest absolute Gasteiger partial charge is 0.489 e. The molecule has 0 radical (unpaired) electrons. The number of hydrogen-bond donors (Lipinski definition) is 1. The van der Waals surface area contributed by atoms with Crippen molar-refractivity contribution in [1.29, 1.82) is 5.41 Å². The molecule has 1 aliphatic heterocycles. The van der Waals surface area contributed by atoms with Gasteiger partial charge < -0.3 is 4.74 Å². The van der Waals surface area contributed by atoms with Crippen LogP contribution < -0.4 is 4.74 Å². The van der Waals surface area contributed by atoms with Crippen molar-refractivity contribution in [2.45, 2.75) is 12.5 Å². The first-order valence-electron chi connectivity index (χ1n) is 8.49. The molecule has 2 aromatic carbocycles. The summed E-state index contributed by atoms with van der Waals surface area (Å²) in [4.78, 5) is 17.4. The summed E-state index contributed by atoms with van der Waals surface area (Å²) in [7, 11) is 0. The number of nitrogens with zero attached hydrogens (tertiary/aromatic N) is 1. The van der Waals surface area contributed by atoms with Crippen LogP contribution in [0.5, 0.6) is 5.75 Å². The highest BCUT2D eigenvalue weighted by Crippen LogP contribution is 2.41. The van der Waals surface area contributed by atoms with Gasteiger partial charge in [0.05, 0.1) is 9.95 Å². The van der Waals surface area contributed by atoms with Crippen molar-refractivity contribution in [3.05, 3.63) is 87.0 Å². The lowest BCUT2D eigenvalue weighted by molar-refractivity contribution is -0.114. The summed E-state index contributed by atoms with van der Waals surface area (Å²) in [6, 6.07) is 13.5. The second-order valence-corrected chi connectivity index (χ2v) is 8.14. The second kappa shape index (κ2) is 8.08. The van der Waals surface area contributed by atoms with Crippen LogP contribution in [0.15, 0.2) is 65.0 Å². The highest BCUT2D eigenvalue weighted by molar-refractivity contribution is 8.19. The Kier molecular flexibility index (Phi) is 5.36. The molecule has 3 aromatic rings. The van der Waals surface area contributed by atoms with E-state index in [0.717, 1.165) is 11.1 Å². The molecular formula is C21H15FN2O2S2. The van der Waals surface area contributed by atoms with Gasteiger partial charge in [-0.1, -0.05) is 36.0 Å². The monoisotopic (exact) mass is 410 g/mol. The first-order chi connectivity index (χ1) is 13.6. The third-order valence-corrected chi connectivity index (χ3v) is 6.02. The minimum Gasteiger partial charge on any atom is -0.489 e. The number of carbonyl (C=O) groups excluding carboxylic acids is 1. The predicted octanol–water partition coefficient (Wildman–Crippen LogP) is 5.28. The molecule has 2 heterocycles. The van der Waals surface area contributed by atoms with Crippen molar-refractivity contribution < 1.29 is 13.9 Å². The minimum atomic E-state index is -0.574. The van der Waals surface area contributed by atoms with E-state index in [1.165, 1.54) is 35.2 Å². The number of thiazole rings is 1. The fraction of sp³-hybridized carbons (Fsp3) is 0.0952. The number of hydrogen-bond acceptors (Lipinski definition) is 6. The predicted molar refractivity (Wildman–Crippen MR) is 110 cm³/mol. The summed E-state index contributed by atoms with van der Waals surface area (Å²) in [5.74, 6) is -0.243. The fourth-order valence-corrected chi connectivity index (χ4v) is 4.56. The van der Waals surface area contributed by atoms with Crippen LogP contribution in [0, 0.1) is 11.2 Å². The molecule has 0 bridgehead atoms. The van der Waals surface area contributed by atoms with Crippen LogP contribution in [-0.4, -0.2) is 15.8 Å². The number of allylic oxidation sites excluding steroid dienone is 1. The van der Waals surface area contributed by atoms with E-state index < -0.39 is 5.92 Å². The number of thioether (sulfide) groups is 1. The second-order valence-electron chi connectivity index (χ2n) is 6.13. The number of rotatable bonds is 5. The van der Waals surface area contributed by atoms with Crippen LogP contribution >= 0.6 is 23.1 Å². The Morgan fingerprint density at radius 3 is 2.57 bits per heavy atom. The Labute approximate surface area is 169 Å². The number of halogens is 1. The van der Waals surface area contributed by atoms with Gasteiger partial charge in [0, 0.05) is 11.6 Å². The van der Waals surface area contributed by atoms with E-state index in [1.54, 1.807) is 24.4 Å². The zero-order valence-corrected chi connectivity index (χ0v) is 16.2. The lowest BCUT2D eigenvalue weighted by Crippen LogP contribution is -2.11. The molecule has 1 fully saturated rings. The molecule has 1 atom stereocenters. The van der Waals surface area contributed by atoms with Crippen LogP contribution in [0.1, 0.15) is 22.1 Å². The maximum atomic E-state index is 12.9. The van der Waals surface area contributed by atoms with Gasteiger partial charge in [-0.3, -0.25) is 10.2 Å². The molecule has 7 heteroatoms. The van der Waals surface area contributed by atoms with Gasteiger partial charge >= 0.3 is 0 Å². The van der Waals surface area contributed by atoms with Crippen LogP contribution in [0.4, 0.5) is 4.39 Å². The summed E-state index contributed by atoms with van der Waals surface area (Å²) in [5.41, 5.74) is 1.74. The SMILES string of the molecule is N=C1S/C(=C\c2ccc(OCc3ccc(F)cc3)cc2)C(=O)[C@@H]1c1nccs1. The minimum absolute atomic E-state index is 0.0819. The lowest BCUT2D eigenvalue weighted by Gasteiger charge is -2.06. The van der Waals surface area contributed by atoms with Gasteiger partial charge in [0.1, 0.15) is 29.1 Å². The topological polar surface area (TPSA) is 63.0 Å². The molecule has 4 rings (SSSR count). The number of carbonyl (C=O) groups is 1. The number of benzene rings is 2. The Bertz CT molecular complexity index is 1030. The van der Waals surface area contributed by atoms with Crippen LogP contribution in [0.2, 0.25) is 0 Å².